The van der Waals surface area contributed by atoms with E-state index in [2.05, 4.69) is 25.6 Å². The molecule has 178 valence electrons. The molecule has 1 aliphatic heterocycles. The minimum Gasteiger partial charge on any atom is -0.355 e. The molecule has 0 radical (unpaired) electrons. The lowest BCUT2D eigenvalue weighted by Gasteiger charge is -2.26. The highest BCUT2D eigenvalue weighted by atomic mass is 35.5. The number of H-pyrrole nitrogens is 1. The molecular weight excluding hydrogens is 482 g/mol. The standard InChI is InChI=1S/C24H24ClN9S/c1-12-10-35-23(28-12)24(11-26)15-5-6-34(9-16(15)24)18-7-27-21-20(30-31-22(21)29-18)13-3-4-17-14(19(13)25)8-33(2)32-17/h3-4,7-8,10,15-16H,5-6,9,11,26H2,1-2H3,(H,29,30,31)/t15-,16+,24+/m1/s1. The van der Waals surface area contributed by atoms with Crippen molar-refractivity contribution in [1.82, 2.24) is 34.9 Å². The van der Waals surface area contributed by atoms with Gasteiger partial charge in [-0.3, -0.25) is 9.78 Å². The summed E-state index contributed by atoms with van der Waals surface area (Å²) in [7, 11) is 1.88. The van der Waals surface area contributed by atoms with Crippen molar-refractivity contribution in [3.05, 3.63) is 45.6 Å². The average Bonchev–Trinajstić information content (AvgIpc) is 3.24. The highest BCUT2D eigenvalue weighted by Gasteiger charge is 2.67. The summed E-state index contributed by atoms with van der Waals surface area (Å²) in [5.41, 5.74) is 11.1. The molecule has 0 bridgehead atoms. The summed E-state index contributed by atoms with van der Waals surface area (Å²) in [6.45, 7) is 4.52. The van der Waals surface area contributed by atoms with Crippen LogP contribution in [0.3, 0.4) is 0 Å². The van der Waals surface area contributed by atoms with Crippen LogP contribution in [-0.2, 0) is 12.5 Å². The molecule has 5 heterocycles. The topological polar surface area (TPSA) is 114 Å². The van der Waals surface area contributed by atoms with Crippen LogP contribution in [0.15, 0.2) is 29.9 Å². The molecular formula is C24H24ClN9S. The van der Waals surface area contributed by atoms with Gasteiger partial charge in [0.25, 0.3) is 0 Å². The largest absolute Gasteiger partial charge is 0.355 e. The van der Waals surface area contributed by atoms with Gasteiger partial charge in [-0.2, -0.15) is 10.2 Å². The number of nitrogens with one attached hydrogen (secondary N) is 1. The Kier molecular flexibility index (Phi) is 4.52. The quantitative estimate of drug-likeness (QED) is 0.383. The molecule has 3 N–H and O–H groups in total. The molecule has 1 saturated carbocycles. The number of benzene rings is 1. The van der Waals surface area contributed by atoms with Gasteiger partial charge >= 0.3 is 0 Å². The van der Waals surface area contributed by atoms with Gasteiger partial charge in [-0.25, -0.2) is 15.0 Å². The summed E-state index contributed by atoms with van der Waals surface area (Å²) in [6, 6.07) is 3.91. The summed E-state index contributed by atoms with van der Waals surface area (Å²) in [5, 5.41) is 16.8. The summed E-state index contributed by atoms with van der Waals surface area (Å²) >= 11 is 8.49. The number of nitrogens with zero attached hydrogens (tertiary/aromatic N) is 7. The number of piperidine rings is 1. The van der Waals surface area contributed by atoms with Gasteiger partial charge in [-0.1, -0.05) is 11.6 Å². The van der Waals surface area contributed by atoms with E-state index in [9.17, 15) is 0 Å². The highest BCUT2D eigenvalue weighted by Crippen LogP contribution is 2.63. The first-order valence-electron chi connectivity index (χ1n) is 11.7. The highest BCUT2D eigenvalue weighted by molar-refractivity contribution is 7.09. The number of aryl methyl sites for hydroxylation is 2. The van der Waals surface area contributed by atoms with Crippen LogP contribution in [0.5, 0.6) is 0 Å². The van der Waals surface area contributed by atoms with Crippen molar-refractivity contribution in [2.24, 2.45) is 24.6 Å². The lowest BCUT2D eigenvalue weighted by molar-refractivity contribution is 0.545. The molecule has 0 unspecified atom stereocenters. The number of fused-ring (bicyclic) bond motifs is 3. The van der Waals surface area contributed by atoms with Crippen LogP contribution in [0.2, 0.25) is 5.02 Å². The zero-order chi connectivity index (χ0) is 23.9. The number of anilines is 1. The maximum atomic E-state index is 6.74. The van der Waals surface area contributed by atoms with Crippen molar-refractivity contribution in [3.63, 3.8) is 0 Å². The molecule has 2 fully saturated rings. The third kappa shape index (κ3) is 3.00. The third-order valence-electron chi connectivity index (χ3n) is 7.77. The molecule has 0 spiro atoms. The van der Waals surface area contributed by atoms with E-state index in [1.54, 1.807) is 16.0 Å². The summed E-state index contributed by atoms with van der Waals surface area (Å²) in [6.07, 6.45) is 4.84. The van der Waals surface area contributed by atoms with Crippen molar-refractivity contribution < 1.29 is 0 Å². The molecule has 3 atom stereocenters. The average molecular weight is 506 g/mol. The first-order chi connectivity index (χ1) is 17.0. The van der Waals surface area contributed by atoms with E-state index in [-0.39, 0.29) is 5.41 Å². The Morgan fingerprint density at radius 2 is 2.17 bits per heavy atom. The van der Waals surface area contributed by atoms with Crippen LogP contribution >= 0.6 is 22.9 Å². The minimum atomic E-state index is 0.00635. The predicted octanol–water partition coefficient (Wildman–Crippen LogP) is 3.68. The second-order valence-electron chi connectivity index (χ2n) is 9.65. The molecule has 2 aliphatic rings. The summed E-state index contributed by atoms with van der Waals surface area (Å²) in [5.74, 6) is 1.92. The number of hydrogen-bond donors (Lipinski definition) is 2. The number of rotatable bonds is 4. The first kappa shape index (κ1) is 21.2. The van der Waals surface area contributed by atoms with Crippen molar-refractivity contribution in [2.45, 2.75) is 18.8 Å². The van der Waals surface area contributed by atoms with E-state index in [4.69, 9.17) is 32.3 Å². The van der Waals surface area contributed by atoms with Crippen molar-refractivity contribution >= 4 is 50.8 Å². The molecule has 5 aromatic rings. The fourth-order valence-corrected chi connectivity index (χ4v) is 7.40. The van der Waals surface area contributed by atoms with Gasteiger partial charge in [-0.05, 0) is 37.3 Å². The van der Waals surface area contributed by atoms with Crippen molar-refractivity contribution in [1.29, 1.82) is 0 Å². The maximum Gasteiger partial charge on any atom is 0.202 e. The molecule has 35 heavy (non-hydrogen) atoms. The Hall–Kier alpha value is -3.08. The fourth-order valence-electron chi connectivity index (χ4n) is 5.96. The maximum absolute atomic E-state index is 6.74. The Morgan fingerprint density at radius 1 is 1.29 bits per heavy atom. The Labute approximate surface area is 210 Å². The Bertz CT molecular complexity index is 1600. The van der Waals surface area contributed by atoms with Crippen molar-refractivity contribution in [3.8, 4) is 11.3 Å². The summed E-state index contributed by atoms with van der Waals surface area (Å²) < 4.78 is 1.76. The molecule has 7 rings (SSSR count). The van der Waals surface area contributed by atoms with Gasteiger partial charge in [-0.15, -0.1) is 11.3 Å². The second-order valence-corrected chi connectivity index (χ2v) is 10.9. The SMILES string of the molecule is Cc1csc([C@@]2(CN)[C@@H]3CCN(c4cnc5c(-c6ccc7nn(C)cc7c6Cl)[nH]nc5n4)C[C@@H]32)n1. The molecule has 4 aromatic heterocycles. The van der Waals surface area contributed by atoms with E-state index >= 15 is 0 Å². The third-order valence-corrected chi connectivity index (χ3v) is 9.33. The van der Waals surface area contributed by atoms with Gasteiger partial charge < -0.3 is 10.6 Å². The van der Waals surface area contributed by atoms with Gasteiger partial charge in [0.1, 0.15) is 16.3 Å². The van der Waals surface area contributed by atoms with Gasteiger partial charge in [0.05, 0.1) is 22.4 Å². The minimum absolute atomic E-state index is 0.00635. The molecule has 1 saturated heterocycles. The van der Waals surface area contributed by atoms with E-state index in [1.165, 1.54) is 5.01 Å². The van der Waals surface area contributed by atoms with Crippen molar-refractivity contribution in [2.75, 3.05) is 24.5 Å². The van der Waals surface area contributed by atoms with Crippen LogP contribution < -0.4 is 10.6 Å². The lowest BCUT2D eigenvalue weighted by atomic mass is 10.0. The van der Waals surface area contributed by atoms with Gasteiger partial charge in [0, 0.05) is 60.3 Å². The predicted molar refractivity (Wildman–Crippen MR) is 138 cm³/mol. The fraction of sp³-hybridized carbons (Fsp3) is 0.375. The molecule has 1 aromatic carbocycles. The Morgan fingerprint density at radius 3 is 2.97 bits per heavy atom. The molecule has 1 aliphatic carbocycles. The zero-order valence-electron chi connectivity index (χ0n) is 19.4. The van der Waals surface area contributed by atoms with Crippen LogP contribution in [-0.4, -0.2) is 54.6 Å². The van der Waals surface area contributed by atoms with E-state index in [0.29, 0.717) is 34.6 Å². The number of halogens is 1. The number of hydrogen-bond acceptors (Lipinski definition) is 8. The smallest absolute Gasteiger partial charge is 0.202 e. The monoisotopic (exact) mass is 505 g/mol. The van der Waals surface area contributed by atoms with E-state index < -0.39 is 0 Å². The lowest BCUT2D eigenvalue weighted by Crippen LogP contribution is -2.32. The normalized spacial score (nSPS) is 23.8. The molecule has 0 amide bonds. The molecule has 9 nitrogen and oxygen atoms in total. The van der Waals surface area contributed by atoms with E-state index in [0.717, 1.165) is 53.2 Å². The number of thiazole rings is 1. The number of nitrogens with two attached hydrogens (primary N) is 1. The van der Waals surface area contributed by atoms with Gasteiger partial charge in [0.2, 0.25) is 5.65 Å². The number of aromatic nitrogens is 7. The van der Waals surface area contributed by atoms with Crippen LogP contribution in [0, 0.1) is 18.8 Å². The zero-order valence-corrected chi connectivity index (χ0v) is 20.9. The van der Waals surface area contributed by atoms with E-state index in [1.807, 2.05) is 38.5 Å². The Balaban J connectivity index is 1.20. The first-order valence-corrected chi connectivity index (χ1v) is 13.0. The summed E-state index contributed by atoms with van der Waals surface area (Å²) in [4.78, 5) is 16.7. The van der Waals surface area contributed by atoms with Gasteiger partial charge in [0.15, 0.2) is 0 Å². The number of aromatic amines is 1. The van der Waals surface area contributed by atoms with Crippen LogP contribution in [0.1, 0.15) is 17.1 Å². The molecule has 11 heteroatoms. The second kappa shape index (κ2) is 7.46. The van der Waals surface area contributed by atoms with Crippen LogP contribution in [0.4, 0.5) is 5.82 Å². The van der Waals surface area contributed by atoms with Crippen LogP contribution in [0.25, 0.3) is 33.3 Å².